The van der Waals surface area contributed by atoms with Gasteiger partial charge >= 0.3 is 5.97 Å². The fourth-order valence-electron chi connectivity index (χ4n) is 5.82. The van der Waals surface area contributed by atoms with Gasteiger partial charge in [0.25, 0.3) is 5.91 Å². The second-order valence-electron chi connectivity index (χ2n) is 10.6. The van der Waals surface area contributed by atoms with E-state index in [0.29, 0.717) is 41.7 Å². The summed E-state index contributed by atoms with van der Waals surface area (Å²) in [6.45, 7) is 5.07. The van der Waals surface area contributed by atoms with Gasteiger partial charge in [0, 0.05) is 53.9 Å². The van der Waals surface area contributed by atoms with Crippen molar-refractivity contribution in [3.8, 4) is 11.5 Å². The Morgan fingerprint density at radius 2 is 1.82 bits per heavy atom. The van der Waals surface area contributed by atoms with Crippen LogP contribution in [0.1, 0.15) is 29.8 Å². The lowest BCUT2D eigenvalue weighted by molar-refractivity contribution is -0.149. The van der Waals surface area contributed by atoms with E-state index in [2.05, 4.69) is 4.98 Å². The number of carbonyl (C=O) groups is 3. The lowest BCUT2D eigenvalue weighted by atomic mass is 9.79. The molecule has 2 fully saturated rings. The smallest absolute Gasteiger partial charge is 0.308 e. The molecule has 10 heteroatoms. The van der Waals surface area contributed by atoms with Crippen molar-refractivity contribution in [2.24, 2.45) is 17.8 Å². The fourth-order valence-corrected chi connectivity index (χ4v) is 5.99. The maximum absolute atomic E-state index is 13.4. The molecule has 0 saturated carbocycles. The highest BCUT2D eigenvalue weighted by Gasteiger charge is 2.48. The number of aromatic nitrogens is 1. The molecule has 2 aliphatic heterocycles. The number of hydrogen-bond donors (Lipinski definition) is 2. The topological polar surface area (TPSA) is 112 Å². The number of methoxy groups -OCH3 is 1. The van der Waals surface area contributed by atoms with Gasteiger partial charge in [-0.3, -0.25) is 14.4 Å². The molecule has 2 amide bonds. The minimum atomic E-state index is -0.949. The lowest BCUT2D eigenvalue weighted by Crippen LogP contribution is -2.51. The van der Waals surface area contributed by atoms with E-state index >= 15 is 0 Å². The zero-order valence-corrected chi connectivity index (χ0v) is 22.9. The molecule has 0 radical (unpaired) electrons. The number of ether oxygens (including phenoxy) is 2. The zero-order valence-electron chi connectivity index (χ0n) is 22.1. The Balaban J connectivity index is 1.31. The standard InChI is InChI=1S/C29H32ClN3O6/c1-16(2)39-25-7-4-17(8-26(25)38-3)28(35)33-13-19-12-32(15-23(29(36)37)22(19)14-33)27(34)9-18-11-31-24-10-20(30)5-6-21(18)24/h4-8,10-11,16,19,22-23,31H,9,12-15H2,1-3H3,(H,36,37). The van der Waals surface area contributed by atoms with Crippen LogP contribution in [0.15, 0.2) is 42.6 Å². The van der Waals surface area contributed by atoms with E-state index in [9.17, 15) is 19.5 Å². The Bertz CT molecular complexity index is 1420. The van der Waals surface area contributed by atoms with Gasteiger partial charge in [0.2, 0.25) is 5.91 Å². The summed E-state index contributed by atoms with van der Waals surface area (Å²) < 4.78 is 11.2. The molecule has 3 atom stereocenters. The van der Waals surface area contributed by atoms with Crippen LogP contribution >= 0.6 is 11.6 Å². The van der Waals surface area contributed by atoms with Crippen LogP contribution in [0.3, 0.4) is 0 Å². The first-order valence-corrected chi connectivity index (χ1v) is 13.4. The van der Waals surface area contributed by atoms with Gasteiger partial charge in [-0.1, -0.05) is 17.7 Å². The van der Waals surface area contributed by atoms with Crippen molar-refractivity contribution in [3.63, 3.8) is 0 Å². The average molecular weight is 554 g/mol. The molecule has 3 unspecified atom stereocenters. The molecule has 0 bridgehead atoms. The third-order valence-corrected chi connectivity index (χ3v) is 7.92. The lowest BCUT2D eigenvalue weighted by Gasteiger charge is -2.38. The van der Waals surface area contributed by atoms with E-state index in [1.165, 1.54) is 7.11 Å². The van der Waals surface area contributed by atoms with Crippen LogP contribution in [0.5, 0.6) is 11.5 Å². The first-order valence-electron chi connectivity index (χ1n) is 13.0. The van der Waals surface area contributed by atoms with Crippen molar-refractivity contribution in [2.45, 2.75) is 26.4 Å². The molecule has 5 rings (SSSR count). The fraction of sp³-hybridized carbons (Fsp3) is 0.414. The Morgan fingerprint density at radius 1 is 1.05 bits per heavy atom. The van der Waals surface area contributed by atoms with E-state index in [1.807, 2.05) is 19.9 Å². The largest absolute Gasteiger partial charge is 0.493 e. The predicted molar refractivity (Wildman–Crippen MR) is 146 cm³/mol. The Kier molecular flexibility index (Phi) is 7.44. The van der Waals surface area contributed by atoms with Crippen LogP contribution in [0.4, 0.5) is 0 Å². The molecule has 206 valence electrons. The third kappa shape index (κ3) is 5.41. The molecule has 0 aliphatic carbocycles. The van der Waals surface area contributed by atoms with Gasteiger partial charge in [0.05, 0.1) is 25.6 Å². The zero-order chi connectivity index (χ0) is 27.8. The predicted octanol–water partition coefficient (Wildman–Crippen LogP) is 4.09. The number of H-pyrrole nitrogens is 1. The van der Waals surface area contributed by atoms with Crippen molar-refractivity contribution >= 4 is 40.3 Å². The number of fused-ring (bicyclic) bond motifs is 2. The highest BCUT2D eigenvalue weighted by atomic mass is 35.5. The van der Waals surface area contributed by atoms with E-state index in [4.69, 9.17) is 21.1 Å². The molecule has 0 spiro atoms. The molecule has 3 aromatic rings. The normalized spacial score (nSPS) is 20.8. The van der Waals surface area contributed by atoms with Crippen LogP contribution in [0.25, 0.3) is 10.9 Å². The number of aromatic amines is 1. The second-order valence-corrected chi connectivity index (χ2v) is 11.0. The number of benzene rings is 2. The highest BCUT2D eigenvalue weighted by molar-refractivity contribution is 6.31. The SMILES string of the molecule is COc1cc(C(=O)N2CC3CN(C(=O)Cc4c[nH]c5cc(Cl)ccc45)CC(C(=O)O)C3C2)ccc1OC(C)C. The number of likely N-dealkylation sites (tertiary alicyclic amines) is 2. The van der Waals surface area contributed by atoms with Gasteiger partial charge in [0.15, 0.2) is 11.5 Å². The number of carbonyl (C=O) groups excluding carboxylic acids is 2. The van der Waals surface area contributed by atoms with Gasteiger partial charge in [0.1, 0.15) is 0 Å². The number of hydrogen-bond acceptors (Lipinski definition) is 5. The van der Waals surface area contributed by atoms with Gasteiger partial charge in [-0.05, 0) is 61.6 Å². The highest BCUT2D eigenvalue weighted by Crippen LogP contribution is 2.37. The van der Waals surface area contributed by atoms with Crippen molar-refractivity contribution in [2.75, 3.05) is 33.3 Å². The van der Waals surface area contributed by atoms with Gasteiger partial charge in [-0.25, -0.2) is 0 Å². The number of rotatable bonds is 7. The summed E-state index contributed by atoms with van der Waals surface area (Å²) in [4.78, 5) is 45.5. The Morgan fingerprint density at radius 3 is 2.54 bits per heavy atom. The summed E-state index contributed by atoms with van der Waals surface area (Å²) in [6.07, 6.45) is 1.90. The van der Waals surface area contributed by atoms with Crippen LogP contribution in [0, 0.1) is 17.8 Å². The van der Waals surface area contributed by atoms with E-state index in [-0.39, 0.29) is 42.7 Å². The average Bonchev–Trinajstić information content (AvgIpc) is 3.51. The summed E-state index contributed by atoms with van der Waals surface area (Å²) in [5.74, 6) is -1.36. The van der Waals surface area contributed by atoms with Gasteiger partial charge < -0.3 is 29.4 Å². The molecular weight excluding hydrogens is 522 g/mol. The number of carboxylic acids is 1. The number of amides is 2. The third-order valence-electron chi connectivity index (χ3n) is 7.68. The summed E-state index contributed by atoms with van der Waals surface area (Å²) in [5.41, 5.74) is 2.13. The molecule has 2 saturated heterocycles. The quantitative estimate of drug-likeness (QED) is 0.456. The molecule has 3 heterocycles. The van der Waals surface area contributed by atoms with Crippen LogP contribution in [0.2, 0.25) is 5.02 Å². The number of aliphatic carboxylic acids is 1. The first-order chi connectivity index (χ1) is 18.6. The van der Waals surface area contributed by atoms with Crippen LogP contribution in [-0.2, 0) is 16.0 Å². The Hall–Kier alpha value is -3.72. The van der Waals surface area contributed by atoms with E-state index < -0.39 is 11.9 Å². The summed E-state index contributed by atoms with van der Waals surface area (Å²) >= 11 is 6.08. The maximum Gasteiger partial charge on any atom is 0.308 e. The maximum atomic E-state index is 13.4. The summed E-state index contributed by atoms with van der Waals surface area (Å²) in [7, 11) is 1.52. The first kappa shape index (κ1) is 26.9. The molecule has 1 aromatic heterocycles. The Labute approximate surface area is 231 Å². The molecule has 2 aromatic carbocycles. The minimum Gasteiger partial charge on any atom is -0.493 e. The van der Waals surface area contributed by atoms with Crippen molar-refractivity contribution in [1.82, 2.24) is 14.8 Å². The number of halogens is 1. The number of nitrogens with zero attached hydrogens (tertiary/aromatic N) is 2. The molecule has 39 heavy (non-hydrogen) atoms. The van der Waals surface area contributed by atoms with Crippen molar-refractivity contribution < 1.29 is 29.0 Å². The molecule has 2 aliphatic rings. The van der Waals surface area contributed by atoms with E-state index in [1.54, 1.807) is 46.3 Å². The van der Waals surface area contributed by atoms with Gasteiger partial charge in [-0.15, -0.1) is 0 Å². The monoisotopic (exact) mass is 553 g/mol. The summed E-state index contributed by atoms with van der Waals surface area (Å²) in [5, 5.41) is 11.5. The number of carboxylic acid groups (broad SMARTS) is 1. The number of piperidine rings is 1. The number of nitrogens with one attached hydrogen (secondary N) is 1. The van der Waals surface area contributed by atoms with Crippen molar-refractivity contribution in [3.05, 3.63) is 58.7 Å². The second kappa shape index (κ2) is 10.8. The molecular formula is C29H32ClN3O6. The van der Waals surface area contributed by atoms with Crippen LogP contribution < -0.4 is 9.47 Å². The molecule has 2 N–H and O–H groups in total. The van der Waals surface area contributed by atoms with Gasteiger partial charge in [-0.2, -0.15) is 0 Å². The minimum absolute atomic E-state index is 0.0461. The molecule has 9 nitrogen and oxygen atoms in total. The summed E-state index contributed by atoms with van der Waals surface area (Å²) in [6, 6.07) is 10.5. The van der Waals surface area contributed by atoms with Crippen LogP contribution in [-0.4, -0.2) is 77.1 Å². The van der Waals surface area contributed by atoms with E-state index in [0.717, 1.165) is 16.5 Å². The van der Waals surface area contributed by atoms with Crippen molar-refractivity contribution in [1.29, 1.82) is 0 Å².